The fourth-order valence-corrected chi connectivity index (χ4v) is 1.84. The number of nitrogens with zero attached hydrogens (tertiary/aromatic N) is 1. The fraction of sp³-hybridized carbons (Fsp3) is 0. The van der Waals surface area contributed by atoms with E-state index >= 15 is 0 Å². The molecule has 1 aliphatic rings. The van der Waals surface area contributed by atoms with Crippen molar-refractivity contribution < 1.29 is 0 Å². The molecule has 3 nitrogen and oxygen atoms in total. The van der Waals surface area contributed by atoms with Crippen LogP contribution in [0.15, 0.2) is 59.6 Å². The highest BCUT2D eigenvalue weighted by atomic mass is 15.0. The van der Waals surface area contributed by atoms with Crippen LogP contribution in [0, 0.1) is 5.41 Å². The lowest BCUT2D eigenvalue weighted by Gasteiger charge is -2.05. The first-order chi connectivity index (χ1) is 8.34. The van der Waals surface area contributed by atoms with E-state index < -0.39 is 0 Å². The number of amidine groups is 1. The smallest absolute Gasteiger partial charge is 0.157 e. The second-order valence-electron chi connectivity index (χ2n) is 3.84. The van der Waals surface area contributed by atoms with Crippen LogP contribution in [0.1, 0.15) is 5.56 Å². The van der Waals surface area contributed by atoms with E-state index in [-0.39, 0.29) is 0 Å². The molecule has 0 atom stereocenters. The van der Waals surface area contributed by atoms with Crippen molar-refractivity contribution in [2.24, 2.45) is 4.99 Å². The molecule has 2 N–H and O–H groups in total. The van der Waals surface area contributed by atoms with E-state index in [2.05, 4.69) is 10.3 Å². The molecule has 0 saturated heterocycles. The maximum Gasteiger partial charge on any atom is 0.157 e. The molecule has 3 rings (SSSR count). The van der Waals surface area contributed by atoms with Crippen molar-refractivity contribution in [3.8, 4) is 0 Å². The highest BCUT2D eigenvalue weighted by Crippen LogP contribution is 2.26. The molecule has 82 valence electrons. The van der Waals surface area contributed by atoms with Gasteiger partial charge in [-0.2, -0.15) is 0 Å². The maximum atomic E-state index is 8.04. The topological polar surface area (TPSA) is 48.2 Å². The second-order valence-corrected chi connectivity index (χ2v) is 3.84. The van der Waals surface area contributed by atoms with Crippen molar-refractivity contribution in [2.75, 3.05) is 5.32 Å². The summed E-state index contributed by atoms with van der Waals surface area (Å²) >= 11 is 0. The number of benzene rings is 2. The third-order valence-corrected chi connectivity index (χ3v) is 2.68. The molecule has 0 spiro atoms. The van der Waals surface area contributed by atoms with E-state index in [0.717, 1.165) is 16.9 Å². The molecular formula is C14H11N3. The van der Waals surface area contributed by atoms with Crippen LogP contribution in [-0.2, 0) is 0 Å². The Bertz CT molecular complexity index is 600. The molecule has 3 heteroatoms. The predicted octanol–water partition coefficient (Wildman–Crippen LogP) is 3.21. The van der Waals surface area contributed by atoms with Gasteiger partial charge in [-0.1, -0.05) is 36.4 Å². The Hall–Kier alpha value is -2.42. The summed E-state index contributed by atoms with van der Waals surface area (Å²) in [5, 5.41) is 11.2. The molecule has 0 aliphatic carbocycles. The van der Waals surface area contributed by atoms with Crippen molar-refractivity contribution in [3.05, 3.63) is 60.2 Å². The highest BCUT2D eigenvalue weighted by Gasteiger charge is 2.20. The largest absolute Gasteiger partial charge is 0.338 e. The van der Waals surface area contributed by atoms with Crippen LogP contribution in [0.2, 0.25) is 0 Å². The summed E-state index contributed by atoms with van der Waals surface area (Å²) < 4.78 is 0. The zero-order valence-electron chi connectivity index (χ0n) is 9.14. The maximum absolute atomic E-state index is 8.04. The summed E-state index contributed by atoms with van der Waals surface area (Å²) in [5.74, 6) is 0.609. The van der Waals surface area contributed by atoms with Crippen LogP contribution in [0.25, 0.3) is 0 Å². The van der Waals surface area contributed by atoms with Gasteiger partial charge in [0, 0.05) is 11.3 Å². The number of hydrogen-bond acceptors (Lipinski definition) is 3. The van der Waals surface area contributed by atoms with Gasteiger partial charge >= 0.3 is 0 Å². The predicted molar refractivity (Wildman–Crippen MR) is 70.4 cm³/mol. The summed E-state index contributed by atoms with van der Waals surface area (Å²) in [4.78, 5) is 4.41. The van der Waals surface area contributed by atoms with Gasteiger partial charge < -0.3 is 5.32 Å². The molecule has 1 aliphatic heterocycles. The first-order valence-electron chi connectivity index (χ1n) is 5.44. The summed E-state index contributed by atoms with van der Waals surface area (Å²) in [6, 6.07) is 17.5. The summed E-state index contributed by atoms with van der Waals surface area (Å²) in [5.41, 5.74) is 3.13. The normalized spacial score (nSPS) is 13.2. The number of rotatable bonds is 1. The highest BCUT2D eigenvalue weighted by molar-refractivity contribution is 6.53. The molecule has 0 amide bonds. The van der Waals surface area contributed by atoms with Gasteiger partial charge in [-0.25, -0.2) is 4.99 Å². The van der Waals surface area contributed by atoms with E-state index in [0.29, 0.717) is 11.5 Å². The van der Waals surface area contributed by atoms with Gasteiger partial charge in [-0.15, -0.1) is 0 Å². The van der Waals surface area contributed by atoms with Crippen LogP contribution >= 0.6 is 0 Å². The Labute approximate surface area is 99.3 Å². The molecular weight excluding hydrogens is 210 g/mol. The van der Waals surface area contributed by atoms with Gasteiger partial charge in [-0.3, -0.25) is 5.41 Å². The first kappa shape index (κ1) is 9.78. The molecule has 2 aromatic carbocycles. The van der Waals surface area contributed by atoms with E-state index in [1.165, 1.54) is 0 Å². The molecule has 0 unspecified atom stereocenters. The van der Waals surface area contributed by atoms with E-state index in [1.807, 2.05) is 54.6 Å². The third-order valence-electron chi connectivity index (χ3n) is 2.68. The lowest BCUT2D eigenvalue weighted by atomic mass is 10.1. The standard InChI is InChI=1S/C14H11N3/c15-13-11-8-4-5-9-12(11)17-14(13)16-10-6-2-1-3-7-10/h1-9H,(H2,15,16,17). The van der Waals surface area contributed by atoms with Gasteiger partial charge in [0.15, 0.2) is 5.84 Å². The van der Waals surface area contributed by atoms with E-state index in [4.69, 9.17) is 5.41 Å². The number of nitrogens with one attached hydrogen (secondary N) is 2. The number of aliphatic imine (C=N–C) groups is 1. The van der Waals surface area contributed by atoms with Gasteiger partial charge in [0.2, 0.25) is 0 Å². The Balaban J connectivity index is 1.91. The van der Waals surface area contributed by atoms with E-state index in [1.54, 1.807) is 0 Å². The molecule has 2 aromatic rings. The van der Waals surface area contributed by atoms with E-state index in [9.17, 15) is 0 Å². The second kappa shape index (κ2) is 3.87. The summed E-state index contributed by atoms with van der Waals surface area (Å²) in [6.07, 6.45) is 0. The van der Waals surface area contributed by atoms with Crippen molar-refractivity contribution in [1.82, 2.24) is 0 Å². The minimum Gasteiger partial charge on any atom is -0.338 e. The van der Waals surface area contributed by atoms with Crippen LogP contribution in [0.5, 0.6) is 0 Å². The lowest BCUT2D eigenvalue weighted by molar-refractivity contribution is 1.51. The lowest BCUT2D eigenvalue weighted by Crippen LogP contribution is -2.19. The molecule has 0 aromatic heterocycles. The number of hydrogen-bond donors (Lipinski definition) is 2. The third kappa shape index (κ3) is 1.72. The number of para-hydroxylation sites is 2. The van der Waals surface area contributed by atoms with Gasteiger partial charge in [0.1, 0.15) is 5.71 Å². The van der Waals surface area contributed by atoms with Gasteiger partial charge in [0.25, 0.3) is 0 Å². The van der Waals surface area contributed by atoms with Crippen LogP contribution < -0.4 is 5.32 Å². The summed E-state index contributed by atoms with van der Waals surface area (Å²) in [6.45, 7) is 0. The molecule has 17 heavy (non-hydrogen) atoms. The van der Waals surface area contributed by atoms with Gasteiger partial charge in [-0.05, 0) is 18.2 Å². The minimum atomic E-state index is 0.449. The van der Waals surface area contributed by atoms with Crippen LogP contribution in [0.4, 0.5) is 11.4 Å². The average Bonchev–Trinajstić information content (AvgIpc) is 2.68. The van der Waals surface area contributed by atoms with Crippen molar-refractivity contribution in [1.29, 1.82) is 5.41 Å². The Kier molecular flexibility index (Phi) is 2.22. The average molecular weight is 221 g/mol. The van der Waals surface area contributed by atoms with Gasteiger partial charge in [0.05, 0.1) is 5.69 Å². The monoisotopic (exact) mass is 221 g/mol. The molecule has 0 radical (unpaired) electrons. The van der Waals surface area contributed by atoms with Crippen molar-refractivity contribution in [3.63, 3.8) is 0 Å². The Morgan fingerprint density at radius 2 is 1.59 bits per heavy atom. The Morgan fingerprint density at radius 1 is 0.882 bits per heavy atom. The quantitative estimate of drug-likeness (QED) is 0.763. The molecule has 0 fully saturated rings. The van der Waals surface area contributed by atoms with Crippen molar-refractivity contribution >= 4 is 22.9 Å². The van der Waals surface area contributed by atoms with Crippen molar-refractivity contribution in [2.45, 2.75) is 0 Å². The minimum absolute atomic E-state index is 0.449. The number of anilines is 1. The first-order valence-corrected chi connectivity index (χ1v) is 5.44. The molecule has 1 heterocycles. The van der Waals surface area contributed by atoms with Crippen LogP contribution in [0.3, 0.4) is 0 Å². The summed E-state index contributed by atoms with van der Waals surface area (Å²) in [7, 11) is 0. The fourth-order valence-electron chi connectivity index (χ4n) is 1.84. The SMILES string of the molecule is N=C1C(Nc2ccccc2)=Nc2ccccc21. The molecule has 0 saturated carbocycles. The zero-order chi connectivity index (χ0) is 11.7. The van der Waals surface area contributed by atoms with Crippen LogP contribution in [-0.4, -0.2) is 11.5 Å². The zero-order valence-corrected chi connectivity index (χ0v) is 9.14. The Morgan fingerprint density at radius 3 is 2.35 bits per heavy atom. The number of fused-ring (bicyclic) bond motifs is 1. The molecule has 0 bridgehead atoms.